The van der Waals surface area contributed by atoms with Gasteiger partial charge in [-0.05, 0) is 37.6 Å². The number of carbonyl (C=O) groups excluding carboxylic acids is 1. The summed E-state index contributed by atoms with van der Waals surface area (Å²) in [6, 6.07) is 7.75. The highest BCUT2D eigenvalue weighted by Gasteiger charge is 2.05. The van der Waals surface area contributed by atoms with E-state index in [1.807, 2.05) is 31.2 Å². The van der Waals surface area contributed by atoms with Crippen molar-refractivity contribution in [2.75, 3.05) is 11.4 Å². The first-order valence-corrected chi connectivity index (χ1v) is 5.66. The van der Waals surface area contributed by atoms with Crippen LogP contribution in [0.1, 0.15) is 13.3 Å². The molecule has 1 unspecified atom stereocenters. The molecule has 0 aliphatic carbocycles. The molecule has 1 aromatic carbocycles. The third kappa shape index (κ3) is 4.01. The zero-order chi connectivity index (χ0) is 11.3. The van der Waals surface area contributed by atoms with E-state index in [0.717, 1.165) is 23.0 Å². The van der Waals surface area contributed by atoms with Crippen molar-refractivity contribution < 1.29 is 4.79 Å². The van der Waals surface area contributed by atoms with Gasteiger partial charge in [0.2, 0.25) is 6.41 Å². The van der Waals surface area contributed by atoms with Crippen LogP contribution in [-0.2, 0) is 4.79 Å². The minimum absolute atomic E-state index is 0.114. The van der Waals surface area contributed by atoms with E-state index in [0.29, 0.717) is 6.54 Å². The van der Waals surface area contributed by atoms with Crippen LogP contribution in [0.5, 0.6) is 0 Å². The van der Waals surface area contributed by atoms with Crippen LogP contribution < -0.4 is 10.6 Å². The van der Waals surface area contributed by atoms with E-state index in [2.05, 4.69) is 15.9 Å². The summed E-state index contributed by atoms with van der Waals surface area (Å²) >= 11 is 3.35. The van der Waals surface area contributed by atoms with Crippen molar-refractivity contribution in [1.29, 1.82) is 0 Å². The third-order valence-electron chi connectivity index (χ3n) is 2.11. The zero-order valence-electron chi connectivity index (χ0n) is 8.69. The quantitative estimate of drug-likeness (QED) is 0.834. The summed E-state index contributed by atoms with van der Waals surface area (Å²) in [5.74, 6) is 0. The molecule has 0 aliphatic rings. The first kappa shape index (κ1) is 12.2. The van der Waals surface area contributed by atoms with Crippen molar-refractivity contribution in [3.8, 4) is 0 Å². The summed E-state index contributed by atoms with van der Waals surface area (Å²) in [6.07, 6.45) is 1.64. The van der Waals surface area contributed by atoms with Gasteiger partial charge in [-0.25, -0.2) is 0 Å². The average Bonchev–Trinajstić information content (AvgIpc) is 2.21. The maximum atomic E-state index is 10.9. The van der Waals surface area contributed by atoms with Crippen molar-refractivity contribution in [3.05, 3.63) is 28.7 Å². The van der Waals surface area contributed by atoms with E-state index in [-0.39, 0.29) is 6.04 Å². The van der Waals surface area contributed by atoms with Crippen molar-refractivity contribution >= 4 is 28.0 Å². The molecule has 0 fully saturated rings. The maximum absolute atomic E-state index is 10.9. The fourth-order valence-electron chi connectivity index (χ4n) is 1.22. The van der Waals surface area contributed by atoms with Crippen molar-refractivity contribution in [3.63, 3.8) is 0 Å². The van der Waals surface area contributed by atoms with Crippen molar-refractivity contribution in [1.82, 2.24) is 0 Å². The Balaban J connectivity index is 2.65. The Morgan fingerprint density at radius 2 is 2.07 bits per heavy atom. The fraction of sp³-hybridized carbons (Fsp3) is 0.364. The molecule has 1 rings (SSSR count). The van der Waals surface area contributed by atoms with Gasteiger partial charge in [0.05, 0.1) is 0 Å². The molecule has 1 amide bonds. The number of anilines is 1. The topological polar surface area (TPSA) is 46.3 Å². The van der Waals surface area contributed by atoms with Gasteiger partial charge in [0, 0.05) is 22.7 Å². The van der Waals surface area contributed by atoms with Gasteiger partial charge in [-0.3, -0.25) is 4.79 Å². The van der Waals surface area contributed by atoms with Gasteiger partial charge in [0.25, 0.3) is 0 Å². The Labute approximate surface area is 98.4 Å². The van der Waals surface area contributed by atoms with Crippen LogP contribution in [0.25, 0.3) is 0 Å². The largest absolute Gasteiger partial charge is 0.328 e. The van der Waals surface area contributed by atoms with Crippen LogP contribution in [0.3, 0.4) is 0 Å². The smallest absolute Gasteiger partial charge is 0.214 e. The second kappa shape index (κ2) is 5.88. The Kier molecular flexibility index (Phi) is 4.78. The van der Waals surface area contributed by atoms with Crippen LogP contribution >= 0.6 is 15.9 Å². The highest BCUT2D eigenvalue weighted by Crippen LogP contribution is 2.17. The van der Waals surface area contributed by atoms with E-state index in [4.69, 9.17) is 5.73 Å². The van der Waals surface area contributed by atoms with E-state index in [1.54, 1.807) is 4.90 Å². The molecule has 82 valence electrons. The van der Waals surface area contributed by atoms with Gasteiger partial charge in [0.1, 0.15) is 0 Å². The van der Waals surface area contributed by atoms with Gasteiger partial charge >= 0.3 is 0 Å². The summed E-state index contributed by atoms with van der Waals surface area (Å²) in [6.45, 7) is 2.59. The molecule has 0 aliphatic heterocycles. The predicted octanol–water partition coefficient (Wildman–Crippen LogP) is 2.15. The molecule has 0 spiro atoms. The number of hydrogen-bond donors (Lipinski definition) is 1. The standard InChI is InChI=1S/C11H15BrN2O/c1-9(13)6-7-14(8-15)11-4-2-10(12)3-5-11/h2-5,8-9H,6-7,13H2,1H3. The highest BCUT2D eigenvalue weighted by atomic mass is 79.9. The van der Waals surface area contributed by atoms with Gasteiger partial charge in [0.15, 0.2) is 0 Å². The molecule has 0 aromatic heterocycles. The lowest BCUT2D eigenvalue weighted by molar-refractivity contribution is -0.107. The second-order valence-electron chi connectivity index (χ2n) is 3.54. The molecule has 1 atom stereocenters. The third-order valence-corrected chi connectivity index (χ3v) is 2.64. The Morgan fingerprint density at radius 3 is 2.53 bits per heavy atom. The first-order valence-electron chi connectivity index (χ1n) is 4.86. The van der Waals surface area contributed by atoms with E-state index >= 15 is 0 Å². The summed E-state index contributed by atoms with van der Waals surface area (Å²) < 4.78 is 1.00. The molecular weight excluding hydrogens is 256 g/mol. The molecule has 1 aromatic rings. The number of hydrogen-bond acceptors (Lipinski definition) is 2. The normalized spacial score (nSPS) is 12.2. The molecule has 0 saturated carbocycles. The van der Waals surface area contributed by atoms with Crippen molar-refractivity contribution in [2.45, 2.75) is 19.4 Å². The van der Waals surface area contributed by atoms with Crippen LogP contribution in [0.15, 0.2) is 28.7 Å². The lowest BCUT2D eigenvalue weighted by Crippen LogP contribution is -2.27. The van der Waals surface area contributed by atoms with Crippen LogP contribution in [0.4, 0.5) is 5.69 Å². The van der Waals surface area contributed by atoms with E-state index < -0.39 is 0 Å². The monoisotopic (exact) mass is 270 g/mol. The predicted molar refractivity (Wildman–Crippen MR) is 65.8 cm³/mol. The van der Waals surface area contributed by atoms with Gasteiger partial charge in [-0.15, -0.1) is 0 Å². The number of carbonyl (C=O) groups is 1. The van der Waals surface area contributed by atoms with E-state index in [9.17, 15) is 4.79 Å². The fourth-order valence-corrected chi connectivity index (χ4v) is 1.48. The van der Waals surface area contributed by atoms with Crippen LogP contribution in [-0.4, -0.2) is 19.0 Å². The molecule has 0 radical (unpaired) electrons. The molecule has 3 nitrogen and oxygen atoms in total. The maximum Gasteiger partial charge on any atom is 0.214 e. The highest BCUT2D eigenvalue weighted by molar-refractivity contribution is 9.10. The molecule has 0 bridgehead atoms. The van der Waals surface area contributed by atoms with Crippen LogP contribution in [0, 0.1) is 0 Å². The van der Waals surface area contributed by atoms with E-state index in [1.165, 1.54) is 0 Å². The summed E-state index contributed by atoms with van der Waals surface area (Å²) in [5, 5.41) is 0. The summed E-state index contributed by atoms with van der Waals surface area (Å²) in [5.41, 5.74) is 6.54. The molecule has 0 heterocycles. The molecular formula is C11H15BrN2O. The molecule has 0 saturated heterocycles. The van der Waals surface area contributed by atoms with Crippen LogP contribution in [0.2, 0.25) is 0 Å². The first-order chi connectivity index (χ1) is 7.13. The lowest BCUT2D eigenvalue weighted by Gasteiger charge is -2.18. The molecule has 2 N–H and O–H groups in total. The molecule has 4 heteroatoms. The SMILES string of the molecule is CC(N)CCN(C=O)c1ccc(Br)cc1. The Hall–Kier alpha value is -0.870. The Morgan fingerprint density at radius 1 is 1.47 bits per heavy atom. The minimum Gasteiger partial charge on any atom is -0.328 e. The average molecular weight is 271 g/mol. The number of nitrogens with two attached hydrogens (primary N) is 1. The number of rotatable bonds is 5. The molecule has 15 heavy (non-hydrogen) atoms. The second-order valence-corrected chi connectivity index (χ2v) is 4.46. The number of nitrogens with zero attached hydrogens (tertiary/aromatic N) is 1. The van der Waals surface area contributed by atoms with Gasteiger partial charge in [-0.2, -0.15) is 0 Å². The Bertz CT molecular complexity index is 311. The lowest BCUT2D eigenvalue weighted by atomic mass is 10.2. The summed E-state index contributed by atoms with van der Waals surface area (Å²) in [4.78, 5) is 12.5. The number of benzene rings is 1. The summed E-state index contributed by atoms with van der Waals surface area (Å²) in [7, 11) is 0. The van der Waals surface area contributed by atoms with Gasteiger partial charge in [-0.1, -0.05) is 15.9 Å². The van der Waals surface area contributed by atoms with Crippen molar-refractivity contribution in [2.24, 2.45) is 5.73 Å². The number of halogens is 1. The number of amides is 1. The minimum atomic E-state index is 0.114. The zero-order valence-corrected chi connectivity index (χ0v) is 10.3. The van der Waals surface area contributed by atoms with Gasteiger partial charge < -0.3 is 10.6 Å².